The molecular formula is C24H14Cl4F4N4O4. The van der Waals surface area contributed by atoms with Gasteiger partial charge >= 0.3 is 12.3 Å². The van der Waals surface area contributed by atoms with Crippen LogP contribution in [0.5, 0.6) is 0 Å². The predicted molar refractivity (Wildman–Crippen MR) is 141 cm³/mol. The Kier molecular flexibility index (Phi) is 8.10. The number of rotatable bonds is 6. The van der Waals surface area contributed by atoms with Gasteiger partial charge in [-0.2, -0.15) is 13.2 Å². The number of nitrogens with one attached hydrogen (secondary N) is 3. The fourth-order valence-corrected chi connectivity index (χ4v) is 5.11. The molecule has 0 saturated heterocycles. The van der Waals surface area contributed by atoms with Gasteiger partial charge in [-0.15, -0.1) is 23.2 Å². The average Bonchev–Trinajstić information content (AvgIpc) is 3.42. The Morgan fingerprint density at radius 3 is 2.15 bits per heavy atom. The average molecular weight is 640 g/mol. The summed E-state index contributed by atoms with van der Waals surface area (Å²) in [6, 6.07) is 8.51. The normalized spacial score (nSPS) is 17.6. The smallest absolute Gasteiger partial charge is 0.416 e. The van der Waals surface area contributed by atoms with Gasteiger partial charge < -0.3 is 15.7 Å². The molecule has 8 nitrogen and oxygen atoms in total. The van der Waals surface area contributed by atoms with Gasteiger partial charge in [0.15, 0.2) is 0 Å². The second kappa shape index (κ2) is 10.9. The first kappa shape index (κ1) is 29.7. The highest BCUT2D eigenvalue weighted by Gasteiger charge is 2.67. The van der Waals surface area contributed by atoms with Crippen molar-refractivity contribution < 1.29 is 37.1 Å². The summed E-state index contributed by atoms with van der Waals surface area (Å²) in [5.74, 6) is -5.32. The fourth-order valence-electron chi connectivity index (χ4n) is 3.89. The zero-order chi connectivity index (χ0) is 29.6. The minimum absolute atomic E-state index is 0.0664. The minimum atomic E-state index is -4.88. The van der Waals surface area contributed by atoms with E-state index in [0.29, 0.717) is 17.7 Å². The Labute approximate surface area is 242 Å². The maximum absolute atomic E-state index is 13.5. The maximum Gasteiger partial charge on any atom is 0.416 e. The highest BCUT2D eigenvalue weighted by Crippen LogP contribution is 2.65. The number of anilines is 3. The first-order chi connectivity index (χ1) is 18.6. The van der Waals surface area contributed by atoms with Gasteiger partial charge in [-0.05, 0) is 48.0 Å². The molecule has 2 aromatic carbocycles. The largest absolute Gasteiger partial charge is 0.465 e. The molecular weight excluding hydrogens is 626 g/mol. The number of carbonyl (C=O) groups excluding carboxylic acids is 2. The van der Waals surface area contributed by atoms with Crippen LogP contribution >= 0.6 is 46.4 Å². The zero-order valence-corrected chi connectivity index (χ0v) is 22.4. The lowest BCUT2D eigenvalue weighted by atomic mass is 10.1. The number of alkyl halides is 5. The number of carboxylic acid groups (broad SMARTS) is 1. The highest BCUT2D eigenvalue weighted by atomic mass is 35.5. The third-order valence-electron chi connectivity index (χ3n) is 5.75. The molecule has 0 radical (unpaired) electrons. The van der Waals surface area contributed by atoms with E-state index in [0.717, 1.165) is 12.1 Å². The number of benzene rings is 2. The van der Waals surface area contributed by atoms with E-state index in [4.69, 9.17) is 51.5 Å². The first-order valence-corrected chi connectivity index (χ1v) is 12.4. The predicted octanol–water partition coefficient (Wildman–Crippen LogP) is 7.41. The van der Waals surface area contributed by atoms with E-state index < -0.39 is 63.3 Å². The van der Waals surface area contributed by atoms with Crippen LogP contribution in [0.1, 0.15) is 27.4 Å². The lowest BCUT2D eigenvalue weighted by Crippen LogP contribution is -2.19. The Morgan fingerprint density at radius 1 is 0.900 bits per heavy atom. The summed E-state index contributed by atoms with van der Waals surface area (Å²) in [5.41, 5.74) is -1.04. The highest BCUT2D eigenvalue weighted by molar-refractivity contribution is 6.53. The van der Waals surface area contributed by atoms with Gasteiger partial charge in [-0.25, -0.2) is 14.2 Å². The Morgan fingerprint density at radius 2 is 1.55 bits per heavy atom. The summed E-state index contributed by atoms with van der Waals surface area (Å²) in [6.45, 7) is 0. The molecule has 210 valence electrons. The molecule has 0 unspecified atom stereocenters. The van der Waals surface area contributed by atoms with Gasteiger partial charge in [0.05, 0.1) is 27.1 Å². The molecule has 3 aromatic rings. The first-order valence-electron chi connectivity index (χ1n) is 10.9. The number of carbonyl (C=O) groups is 3. The van der Waals surface area contributed by atoms with Gasteiger partial charge in [-0.1, -0.05) is 29.3 Å². The molecule has 0 bridgehead atoms. The van der Waals surface area contributed by atoms with E-state index >= 15 is 0 Å². The van der Waals surface area contributed by atoms with E-state index in [1.807, 2.05) is 0 Å². The third kappa shape index (κ3) is 6.35. The maximum atomic E-state index is 13.5. The van der Waals surface area contributed by atoms with E-state index in [1.54, 1.807) is 5.32 Å². The number of hydrogen-bond donors (Lipinski definition) is 4. The molecule has 0 aliphatic heterocycles. The molecule has 1 aliphatic rings. The molecule has 1 fully saturated rings. The van der Waals surface area contributed by atoms with Crippen LogP contribution in [0.25, 0.3) is 0 Å². The van der Waals surface area contributed by atoms with E-state index in [1.165, 1.54) is 24.3 Å². The SMILES string of the molecule is O=C(O)Nc1cc(C(F)(F)F)cc(NC(=O)c2cc(NC(=O)[C@@H]3[C@@H](c4ccc(F)c(Cl)c4)C3(Cl)Cl)ccc2Cl)n1. The number of hydrogen-bond acceptors (Lipinski definition) is 4. The van der Waals surface area contributed by atoms with Crippen LogP contribution in [0, 0.1) is 11.7 Å². The molecule has 40 heavy (non-hydrogen) atoms. The van der Waals surface area contributed by atoms with Crippen LogP contribution in [-0.2, 0) is 11.0 Å². The number of aromatic nitrogens is 1. The van der Waals surface area contributed by atoms with Crippen LogP contribution in [0.2, 0.25) is 10.0 Å². The summed E-state index contributed by atoms with van der Waals surface area (Å²) in [7, 11) is 0. The number of pyridine rings is 1. The second-order valence-corrected chi connectivity index (χ2v) is 10.8. The topological polar surface area (TPSA) is 120 Å². The molecule has 4 rings (SSSR count). The number of halogens is 8. The lowest BCUT2D eigenvalue weighted by Gasteiger charge is -2.13. The molecule has 4 N–H and O–H groups in total. The van der Waals surface area contributed by atoms with Crippen molar-refractivity contribution in [3.8, 4) is 0 Å². The standard InChI is InChI=1S/C24H14Cl4F4N4O4/c25-13-3-2-11(33-21(38)19-18(23(19,27)28)9-1-4-15(29)14(26)5-9)8-12(13)20(37)35-16-6-10(24(30,31)32)7-17(34-16)36-22(39)40/h1-8,18-19H,(H,33,38)(H,39,40)(H2,34,35,36,37)/t18-,19+/m1/s1. The van der Waals surface area contributed by atoms with Crippen molar-refractivity contribution >= 4 is 81.6 Å². The van der Waals surface area contributed by atoms with Crippen molar-refractivity contribution in [2.45, 2.75) is 16.4 Å². The molecule has 1 aromatic heterocycles. The van der Waals surface area contributed by atoms with E-state index in [2.05, 4.69) is 15.6 Å². The Balaban J connectivity index is 1.54. The van der Waals surface area contributed by atoms with Crippen molar-refractivity contribution in [3.05, 3.63) is 81.1 Å². The lowest BCUT2D eigenvalue weighted by molar-refractivity contribution is -0.137. The van der Waals surface area contributed by atoms with Gasteiger partial charge in [0.1, 0.15) is 21.8 Å². The van der Waals surface area contributed by atoms with Gasteiger partial charge in [0.2, 0.25) is 5.91 Å². The summed E-state index contributed by atoms with van der Waals surface area (Å²) < 4.78 is 51.8. The van der Waals surface area contributed by atoms with E-state index in [9.17, 15) is 31.9 Å². The molecule has 1 heterocycles. The summed E-state index contributed by atoms with van der Waals surface area (Å²) in [5, 5.41) is 14.9. The monoisotopic (exact) mass is 638 g/mol. The molecule has 0 spiro atoms. The minimum Gasteiger partial charge on any atom is -0.465 e. The van der Waals surface area contributed by atoms with Gasteiger partial charge in [0, 0.05) is 11.6 Å². The number of amides is 3. The van der Waals surface area contributed by atoms with Gasteiger partial charge in [0.25, 0.3) is 5.91 Å². The van der Waals surface area contributed by atoms with Gasteiger partial charge in [-0.3, -0.25) is 14.9 Å². The summed E-state index contributed by atoms with van der Waals surface area (Å²) in [4.78, 5) is 40.3. The summed E-state index contributed by atoms with van der Waals surface area (Å²) >= 11 is 24.5. The van der Waals surface area contributed by atoms with E-state index in [-0.39, 0.29) is 21.3 Å². The van der Waals surface area contributed by atoms with Crippen molar-refractivity contribution in [1.29, 1.82) is 0 Å². The molecule has 3 amide bonds. The van der Waals surface area contributed by atoms with Crippen LogP contribution in [0.3, 0.4) is 0 Å². The molecule has 1 aliphatic carbocycles. The van der Waals surface area contributed by atoms with Crippen molar-refractivity contribution in [1.82, 2.24) is 4.98 Å². The van der Waals surface area contributed by atoms with Crippen LogP contribution in [-0.4, -0.2) is 32.3 Å². The van der Waals surface area contributed by atoms with Crippen molar-refractivity contribution in [2.24, 2.45) is 5.92 Å². The van der Waals surface area contributed by atoms with Crippen LogP contribution < -0.4 is 16.0 Å². The van der Waals surface area contributed by atoms with Crippen molar-refractivity contribution in [3.63, 3.8) is 0 Å². The number of nitrogens with zero attached hydrogens (tertiary/aromatic N) is 1. The Hall–Kier alpha value is -3.32. The fraction of sp³-hybridized carbons (Fsp3) is 0.167. The quantitative estimate of drug-likeness (QED) is 0.165. The second-order valence-electron chi connectivity index (χ2n) is 8.50. The molecule has 16 heteroatoms. The van der Waals surface area contributed by atoms with Crippen molar-refractivity contribution in [2.75, 3.05) is 16.0 Å². The third-order valence-corrected chi connectivity index (χ3v) is 7.31. The summed E-state index contributed by atoms with van der Waals surface area (Å²) in [6.07, 6.45) is -6.55. The van der Waals surface area contributed by atoms with Crippen LogP contribution in [0.15, 0.2) is 48.5 Å². The van der Waals surface area contributed by atoms with Crippen LogP contribution in [0.4, 0.5) is 39.7 Å². The Bertz CT molecular complexity index is 1540. The molecule has 1 saturated carbocycles. The zero-order valence-electron chi connectivity index (χ0n) is 19.4. The molecule has 2 atom stereocenters.